The number of amides is 3. The molecule has 2 aliphatic rings. The van der Waals surface area contributed by atoms with E-state index in [1.807, 2.05) is 11.0 Å². The van der Waals surface area contributed by atoms with Crippen LogP contribution >= 0.6 is 0 Å². The number of hydrogen-bond donors (Lipinski definition) is 1. The fourth-order valence-electron chi connectivity index (χ4n) is 3.50. The van der Waals surface area contributed by atoms with Gasteiger partial charge in [0.2, 0.25) is 0 Å². The Bertz CT molecular complexity index is 548. The van der Waals surface area contributed by atoms with Crippen molar-refractivity contribution in [2.24, 2.45) is 0 Å². The Hall–Kier alpha value is -1.32. The molecule has 2 fully saturated rings. The van der Waals surface area contributed by atoms with Crippen LogP contribution in [0.4, 0.5) is 4.79 Å². The first-order valence-electron chi connectivity index (χ1n) is 7.50. The van der Waals surface area contributed by atoms with Crippen LogP contribution in [0.2, 0.25) is 5.32 Å². The van der Waals surface area contributed by atoms with Crippen molar-refractivity contribution >= 4 is 31.4 Å². The molecule has 3 amide bonds. The molecule has 0 aliphatic carbocycles. The molecule has 2 saturated heterocycles. The Kier molecular flexibility index (Phi) is 4.05. The molecule has 4 nitrogen and oxygen atoms in total. The summed E-state index contributed by atoms with van der Waals surface area (Å²) in [4.78, 5) is 26.3. The number of hydrogen-bond acceptors (Lipinski definition) is 2. The van der Waals surface area contributed by atoms with Crippen LogP contribution in [0.5, 0.6) is 0 Å². The summed E-state index contributed by atoms with van der Waals surface area (Å²) in [7, 11) is 0. The van der Waals surface area contributed by atoms with E-state index in [1.54, 1.807) is 0 Å². The second-order valence-electron chi connectivity index (χ2n) is 5.73. The fourth-order valence-corrected chi connectivity index (χ4v) is 5.70. The van der Waals surface area contributed by atoms with Crippen LogP contribution < -0.4 is 9.78 Å². The number of imide groups is 1. The predicted octanol–water partition coefficient (Wildman–Crippen LogP) is 1.69. The number of nitrogens with one attached hydrogen (secondary N) is 1. The van der Waals surface area contributed by atoms with E-state index in [0.29, 0.717) is 15.0 Å². The van der Waals surface area contributed by atoms with E-state index in [-0.39, 0.29) is 18.0 Å². The van der Waals surface area contributed by atoms with Gasteiger partial charge in [0.1, 0.15) is 0 Å². The average molecular weight is 351 g/mol. The van der Waals surface area contributed by atoms with Crippen LogP contribution in [0.25, 0.3) is 0 Å². The summed E-state index contributed by atoms with van der Waals surface area (Å²) in [6.07, 6.45) is 3.47. The summed E-state index contributed by atoms with van der Waals surface area (Å²) in [6.45, 7) is 2.07. The van der Waals surface area contributed by atoms with Gasteiger partial charge in [-0.15, -0.1) is 0 Å². The SMILES string of the molecule is CCC[C@@]12CC[C@H](C[Se]c3ccccc3)N1C(=O)NC2=O. The van der Waals surface area contributed by atoms with Crippen molar-refractivity contribution < 1.29 is 9.59 Å². The van der Waals surface area contributed by atoms with E-state index in [1.165, 1.54) is 4.46 Å². The summed E-state index contributed by atoms with van der Waals surface area (Å²) < 4.78 is 1.35. The molecule has 3 rings (SSSR count). The number of fused-ring (bicyclic) bond motifs is 1. The second-order valence-corrected chi connectivity index (χ2v) is 8.02. The molecule has 0 aromatic heterocycles. The van der Waals surface area contributed by atoms with Gasteiger partial charge in [-0.05, 0) is 0 Å². The third kappa shape index (κ3) is 2.49. The second kappa shape index (κ2) is 5.82. The zero-order chi connectivity index (χ0) is 14.9. The van der Waals surface area contributed by atoms with Gasteiger partial charge in [0.15, 0.2) is 0 Å². The first-order chi connectivity index (χ1) is 10.2. The average Bonchev–Trinajstić information content (AvgIpc) is 2.96. The quantitative estimate of drug-likeness (QED) is 0.648. The van der Waals surface area contributed by atoms with Crippen molar-refractivity contribution in [2.45, 2.75) is 49.5 Å². The van der Waals surface area contributed by atoms with Crippen molar-refractivity contribution in [3.63, 3.8) is 0 Å². The fraction of sp³-hybridized carbons (Fsp3) is 0.500. The van der Waals surface area contributed by atoms with Crippen LogP contribution in [0.1, 0.15) is 32.6 Å². The van der Waals surface area contributed by atoms with Gasteiger partial charge < -0.3 is 0 Å². The third-order valence-corrected chi connectivity index (χ3v) is 6.86. The van der Waals surface area contributed by atoms with Gasteiger partial charge in [0.25, 0.3) is 0 Å². The normalized spacial score (nSPS) is 27.9. The minimum atomic E-state index is -0.552. The van der Waals surface area contributed by atoms with Crippen molar-refractivity contribution in [1.29, 1.82) is 0 Å². The van der Waals surface area contributed by atoms with Gasteiger partial charge >= 0.3 is 131 Å². The van der Waals surface area contributed by atoms with E-state index in [9.17, 15) is 9.59 Å². The molecule has 5 heteroatoms. The van der Waals surface area contributed by atoms with Gasteiger partial charge in [0, 0.05) is 0 Å². The van der Waals surface area contributed by atoms with Gasteiger partial charge in [-0.1, -0.05) is 0 Å². The molecule has 112 valence electrons. The van der Waals surface area contributed by atoms with E-state index in [4.69, 9.17) is 0 Å². The maximum atomic E-state index is 12.2. The van der Waals surface area contributed by atoms with E-state index < -0.39 is 5.54 Å². The third-order valence-electron chi connectivity index (χ3n) is 4.43. The summed E-state index contributed by atoms with van der Waals surface area (Å²) in [5.41, 5.74) is -0.552. The van der Waals surface area contributed by atoms with Gasteiger partial charge in [-0.25, -0.2) is 0 Å². The number of benzene rings is 1. The summed E-state index contributed by atoms with van der Waals surface area (Å²) in [5.74, 6) is -0.0796. The maximum absolute atomic E-state index is 12.2. The number of carbonyl (C=O) groups is 2. The number of nitrogens with zero attached hydrogens (tertiary/aromatic N) is 1. The predicted molar refractivity (Wildman–Crippen MR) is 82.7 cm³/mol. The van der Waals surface area contributed by atoms with Gasteiger partial charge in [-0.3, -0.25) is 0 Å². The van der Waals surface area contributed by atoms with Gasteiger partial charge in [0.05, 0.1) is 0 Å². The molecule has 0 radical (unpaired) electrons. The Morgan fingerprint density at radius 2 is 2.10 bits per heavy atom. The zero-order valence-corrected chi connectivity index (χ0v) is 13.9. The van der Waals surface area contributed by atoms with Crippen LogP contribution in [0, 0.1) is 0 Å². The summed E-state index contributed by atoms with van der Waals surface area (Å²) >= 11 is 0.347. The van der Waals surface area contributed by atoms with Crippen LogP contribution in [0.3, 0.4) is 0 Å². The van der Waals surface area contributed by atoms with Crippen LogP contribution in [-0.4, -0.2) is 43.4 Å². The van der Waals surface area contributed by atoms with E-state index in [0.717, 1.165) is 31.0 Å². The number of carbonyl (C=O) groups excluding carboxylic acids is 2. The molecule has 2 aliphatic heterocycles. The molecule has 1 aromatic carbocycles. The van der Waals surface area contributed by atoms with Gasteiger partial charge in [-0.2, -0.15) is 0 Å². The molecule has 21 heavy (non-hydrogen) atoms. The van der Waals surface area contributed by atoms with Crippen LogP contribution in [-0.2, 0) is 4.79 Å². The first kappa shape index (κ1) is 14.6. The molecule has 0 bridgehead atoms. The Balaban J connectivity index is 1.73. The summed E-state index contributed by atoms with van der Waals surface area (Å²) in [5, 5.41) is 3.52. The monoisotopic (exact) mass is 352 g/mol. The zero-order valence-electron chi connectivity index (χ0n) is 12.2. The molecule has 0 saturated carbocycles. The van der Waals surface area contributed by atoms with Crippen molar-refractivity contribution in [3.8, 4) is 0 Å². The molecule has 1 N–H and O–H groups in total. The summed E-state index contributed by atoms with van der Waals surface area (Å²) in [6, 6.07) is 10.4. The Labute approximate surface area is 131 Å². The molecule has 0 spiro atoms. The van der Waals surface area contributed by atoms with Crippen molar-refractivity contribution in [2.75, 3.05) is 0 Å². The van der Waals surface area contributed by atoms with Crippen LogP contribution in [0.15, 0.2) is 30.3 Å². The number of urea groups is 1. The Morgan fingerprint density at radius 1 is 1.33 bits per heavy atom. The molecule has 1 aromatic rings. The molecule has 2 heterocycles. The standard InChI is InChI=1S/C16H20N2O2Se/c1-2-9-16-10-8-12(18(16)15(20)17-14(16)19)11-21-13-6-4-3-5-7-13/h3-7,12H,2,8-11H2,1H3,(H,17,19,20)/t12-,16+/m1/s1. The van der Waals surface area contributed by atoms with E-state index in [2.05, 4.69) is 36.5 Å². The number of rotatable bonds is 5. The topological polar surface area (TPSA) is 49.4 Å². The van der Waals surface area contributed by atoms with Crippen molar-refractivity contribution in [1.82, 2.24) is 10.2 Å². The molecule has 0 unspecified atom stereocenters. The molecular weight excluding hydrogens is 331 g/mol. The van der Waals surface area contributed by atoms with E-state index >= 15 is 0 Å². The van der Waals surface area contributed by atoms with Crippen molar-refractivity contribution in [3.05, 3.63) is 30.3 Å². The Morgan fingerprint density at radius 3 is 2.81 bits per heavy atom. The first-order valence-corrected chi connectivity index (χ1v) is 9.57. The minimum absolute atomic E-state index is 0.0796. The molecule has 2 atom stereocenters. The molecular formula is C16H20N2O2Se.